The molecule has 0 aliphatic carbocycles. The lowest BCUT2D eigenvalue weighted by Gasteiger charge is -2.16. The molecule has 156 valence electrons. The summed E-state index contributed by atoms with van der Waals surface area (Å²) in [6.07, 6.45) is 0. The molecule has 7 heteroatoms. The molecule has 3 aromatic carbocycles. The number of hydrogen-bond donors (Lipinski definition) is 1. The van der Waals surface area contributed by atoms with E-state index in [0.29, 0.717) is 26.9 Å². The summed E-state index contributed by atoms with van der Waals surface area (Å²) in [6.45, 7) is 1.88. The molecular formula is C24H17Cl2FN2O2. The largest absolute Gasteiger partial charge is 0.350 e. The molecule has 4 rings (SSSR count). The monoisotopic (exact) mass is 454 g/mol. The molecule has 1 heterocycles. The number of nitrogens with one attached hydrogen (secondary N) is 1. The van der Waals surface area contributed by atoms with Gasteiger partial charge in [0.15, 0.2) is 0 Å². The summed E-state index contributed by atoms with van der Waals surface area (Å²) in [6, 6.07) is 17.6. The molecule has 4 nitrogen and oxygen atoms in total. The van der Waals surface area contributed by atoms with Crippen molar-refractivity contribution in [2.45, 2.75) is 13.5 Å². The third-order valence-electron chi connectivity index (χ3n) is 5.00. The van der Waals surface area contributed by atoms with Crippen molar-refractivity contribution < 1.29 is 14.0 Å². The number of halogens is 3. The summed E-state index contributed by atoms with van der Waals surface area (Å²) in [5.41, 5.74) is 3.11. The molecule has 3 aromatic rings. The first-order valence-electron chi connectivity index (χ1n) is 9.47. The van der Waals surface area contributed by atoms with Crippen LogP contribution in [0.3, 0.4) is 0 Å². The highest BCUT2D eigenvalue weighted by molar-refractivity contribution is 6.37. The number of aryl methyl sites for hydroxylation is 1. The molecule has 0 fully saturated rings. The zero-order valence-corrected chi connectivity index (χ0v) is 18.0. The molecule has 0 saturated heterocycles. The molecule has 0 bridgehead atoms. The van der Waals surface area contributed by atoms with Crippen LogP contribution >= 0.6 is 23.2 Å². The highest BCUT2D eigenvalue weighted by Crippen LogP contribution is 2.33. The van der Waals surface area contributed by atoms with E-state index in [9.17, 15) is 14.0 Å². The second-order valence-electron chi connectivity index (χ2n) is 7.16. The first-order valence-corrected chi connectivity index (χ1v) is 10.2. The number of anilines is 1. The van der Waals surface area contributed by atoms with Crippen molar-refractivity contribution >= 4 is 46.3 Å². The van der Waals surface area contributed by atoms with Gasteiger partial charge in [-0.3, -0.25) is 14.5 Å². The quantitative estimate of drug-likeness (QED) is 0.493. The van der Waals surface area contributed by atoms with Gasteiger partial charge in [0.05, 0.1) is 12.1 Å². The predicted octanol–water partition coefficient (Wildman–Crippen LogP) is 5.83. The molecule has 0 radical (unpaired) electrons. The highest BCUT2D eigenvalue weighted by atomic mass is 35.5. The fraction of sp³-hybridized carbons (Fsp3) is 0.0833. The SMILES string of the molecule is Cc1cc(Cl)ccc1NC1=C(c2ccc(Cl)cc2)C(=O)N(Cc2ccc(F)cc2)C1=O. The van der Waals surface area contributed by atoms with Gasteiger partial charge in [-0.1, -0.05) is 47.5 Å². The van der Waals surface area contributed by atoms with E-state index >= 15 is 0 Å². The number of amides is 2. The Labute approximate surface area is 188 Å². The third kappa shape index (κ3) is 4.33. The summed E-state index contributed by atoms with van der Waals surface area (Å²) in [5.74, 6) is -1.29. The van der Waals surface area contributed by atoms with Crippen LogP contribution in [0.5, 0.6) is 0 Å². The van der Waals surface area contributed by atoms with Crippen molar-refractivity contribution in [3.63, 3.8) is 0 Å². The maximum Gasteiger partial charge on any atom is 0.278 e. The Morgan fingerprint density at radius 1 is 0.871 bits per heavy atom. The van der Waals surface area contributed by atoms with Crippen LogP contribution in [0.4, 0.5) is 10.1 Å². The molecule has 0 spiro atoms. The van der Waals surface area contributed by atoms with Crippen LogP contribution < -0.4 is 5.32 Å². The standard InChI is InChI=1S/C24H17Cl2FN2O2/c1-14-12-18(26)8-11-20(14)28-22-21(16-4-6-17(25)7-5-16)23(30)29(24(22)31)13-15-2-9-19(27)10-3-15/h2-12,28H,13H2,1H3. The Balaban J connectivity index is 1.75. The van der Waals surface area contributed by atoms with E-state index in [-0.39, 0.29) is 23.6 Å². The Morgan fingerprint density at radius 3 is 2.16 bits per heavy atom. The van der Waals surface area contributed by atoms with E-state index in [1.807, 2.05) is 6.92 Å². The summed E-state index contributed by atoms with van der Waals surface area (Å²) >= 11 is 12.0. The van der Waals surface area contributed by atoms with E-state index in [1.165, 1.54) is 12.1 Å². The van der Waals surface area contributed by atoms with Crippen LogP contribution in [0.2, 0.25) is 10.0 Å². The maximum absolute atomic E-state index is 13.3. The Bertz CT molecular complexity index is 1210. The van der Waals surface area contributed by atoms with Gasteiger partial charge in [-0.15, -0.1) is 0 Å². The van der Waals surface area contributed by atoms with Gasteiger partial charge in [-0.25, -0.2) is 4.39 Å². The molecule has 1 N–H and O–H groups in total. The van der Waals surface area contributed by atoms with Crippen LogP contribution in [0, 0.1) is 12.7 Å². The normalized spacial score (nSPS) is 13.9. The van der Waals surface area contributed by atoms with Crippen LogP contribution in [-0.2, 0) is 16.1 Å². The van der Waals surface area contributed by atoms with Crippen LogP contribution in [0.25, 0.3) is 5.57 Å². The fourth-order valence-electron chi connectivity index (χ4n) is 3.39. The van der Waals surface area contributed by atoms with Crippen molar-refractivity contribution in [1.82, 2.24) is 4.90 Å². The fourth-order valence-corrected chi connectivity index (χ4v) is 3.75. The zero-order valence-electron chi connectivity index (χ0n) is 16.5. The van der Waals surface area contributed by atoms with Gasteiger partial charge in [-0.2, -0.15) is 0 Å². The summed E-state index contributed by atoms with van der Waals surface area (Å²) in [4.78, 5) is 27.7. The average molecular weight is 455 g/mol. The van der Waals surface area contributed by atoms with Gasteiger partial charge >= 0.3 is 0 Å². The molecule has 31 heavy (non-hydrogen) atoms. The molecule has 2 amide bonds. The molecule has 1 aliphatic heterocycles. The van der Waals surface area contributed by atoms with E-state index in [1.54, 1.807) is 54.6 Å². The van der Waals surface area contributed by atoms with Crippen molar-refractivity contribution in [2.75, 3.05) is 5.32 Å². The van der Waals surface area contributed by atoms with E-state index in [4.69, 9.17) is 23.2 Å². The van der Waals surface area contributed by atoms with E-state index < -0.39 is 11.8 Å². The number of rotatable bonds is 5. The first-order chi connectivity index (χ1) is 14.8. The minimum Gasteiger partial charge on any atom is -0.350 e. The minimum atomic E-state index is -0.464. The number of nitrogens with zero attached hydrogens (tertiary/aromatic N) is 1. The lowest BCUT2D eigenvalue weighted by atomic mass is 10.0. The minimum absolute atomic E-state index is 0.0276. The van der Waals surface area contributed by atoms with Gasteiger partial charge < -0.3 is 5.32 Å². The average Bonchev–Trinajstić information content (AvgIpc) is 2.96. The second kappa shape index (κ2) is 8.53. The second-order valence-corrected chi connectivity index (χ2v) is 8.04. The number of benzene rings is 3. The number of carbonyl (C=O) groups excluding carboxylic acids is 2. The lowest BCUT2D eigenvalue weighted by Crippen LogP contribution is -2.32. The lowest BCUT2D eigenvalue weighted by molar-refractivity contribution is -0.137. The molecular weight excluding hydrogens is 438 g/mol. The number of carbonyl (C=O) groups is 2. The van der Waals surface area contributed by atoms with Gasteiger partial charge in [0.1, 0.15) is 11.5 Å². The Morgan fingerprint density at radius 2 is 1.52 bits per heavy atom. The first kappa shape index (κ1) is 21.1. The molecule has 0 saturated carbocycles. The third-order valence-corrected chi connectivity index (χ3v) is 5.49. The van der Waals surface area contributed by atoms with Crippen molar-refractivity contribution in [2.24, 2.45) is 0 Å². The van der Waals surface area contributed by atoms with E-state index in [2.05, 4.69) is 5.32 Å². The highest BCUT2D eigenvalue weighted by Gasteiger charge is 2.39. The maximum atomic E-state index is 13.3. The molecule has 0 atom stereocenters. The molecule has 0 aromatic heterocycles. The predicted molar refractivity (Wildman–Crippen MR) is 120 cm³/mol. The van der Waals surface area contributed by atoms with Crippen LogP contribution in [0.15, 0.2) is 72.4 Å². The Kier molecular flexibility index (Phi) is 5.81. The summed E-state index contributed by atoms with van der Waals surface area (Å²) in [5, 5.41) is 4.21. The van der Waals surface area contributed by atoms with E-state index in [0.717, 1.165) is 10.5 Å². The summed E-state index contributed by atoms with van der Waals surface area (Å²) in [7, 11) is 0. The van der Waals surface area contributed by atoms with Crippen molar-refractivity contribution in [3.8, 4) is 0 Å². The zero-order chi connectivity index (χ0) is 22.1. The van der Waals surface area contributed by atoms with Gasteiger partial charge in [0, 0.05) is 15.7 Å². The molecule has 0 unspecified atom stereocenters. The van der Waals surface area contributed by atoms with Crippen LogP contribution in [-0.4, -0.2) is 16.7 Å². The Hall–Kier alpha value is -3.15. The number of imide groups is 1. The smallest absolute Gasteiger partial charge is 0.278 e. The van der Waals surface area contributed by atoms with Crippen LogP contribution in [0.1, 0.15) is 16.7 Å². The van der Waals surface area contributed by atoms with Gasteiger partial charge in [-0.05, 0) is 66.1 Å². The number of hydrogen-bond acceptors (Lipinski definition) is 3. The van der Waals surface area contributed by atoms with Crippen molar-refractivity contribution in [3.05, 3.63) is 105 Å². The summed E-state index contributed by atoms with van der Waals surface area (Å²) < 4.78 is 13.3. The topological polar surface area (TPSA) is 49.4 Å². The van der Waals surface area contributed by atoms with Gasteiger partial charge in [0.25, 0.3) is 11.8 Å². The molecule has 1 aliphatic rings. The van der Waals surface area contributed by atoms with Gasteiger partial charge in [0.2, 0.25) is 0 Å². The van der Waals surface area contributed by atoms with Crippen molar-refractivity contribution in [1.29, 1.82) is 0 Å².